The lowest BCUT2D eigenvalue weighted by molar-refractivity contribution is -0.113. The number of carbonyl (C=O) groups excluding carboxylic acids is 1. The fraction of sp³-hybridized carbons (Fsp3) is 0.160. The third-order valence-electron chi connectivity index (χ3n) is 5.20. The second-order valence-corrected chi connectivity index (χ2v) is 8.90. The van der Waals surface area contributed by atoms with Crippen LogP contribution in [0, 0.1) is 0 Å². The van der Waals surface area contributed by atoms with Crippen LogP contribution in [-0.4, -0.2) is 34.4 Å². The van der Waals surface area contributed by atoms with Gasteiger partial charge in [0.2, 0.25) is 5.91 Å². The van der Waals surface area contributed by atoms with Crippen molar-refractivity contribution in [1.82, 2.24) is 9.55 Å². The summed E-state index contributed by atoms with van der Waals surface area (Å²) in [7, 11) is 0. The van der Waals surface area contributed by atoms with Crippen molar-refractivity contribution >= 4 is 45.9 Å². The Hall–Kier alpha value is -3.49. The van der Waals surface area contributed by atoms with Gasteiger partial charge in [-0.05, 0) is 36.4 Å². The number of halogens is 1. The molecule has 0 unspecified atom stereocenters. The number of para-hydroxylation sites is 2. The molecule has 172 valence electrons. The molecule has 0 radical (unpaired) electrons. The van der Waals surface area contributed by atoms with Gasteiger partial charge in [0.15, 0.2) is 16.7 Å². The number of hydrogen-bond donors (Lipinski definition) is 1. The number of ether oxygens (including phenoxy) is 2. The fourth-order valence-electron chi connectivity index (χ4n) is 3.62. The van der Waals surface area contributed by atoms with E-state index >= 15 is 0 Å². The molecule has 0 saturated heterocycles. The number of amides is 1. The molecule has 4 aromatic rings. The van der Waals surface area contributed by atoms with Gasteiger partial charge in [0.25, 0.3) is 5.56 Å². The van der Waals surface area contributed by atoms with E-state index in [1.807, 2.05) is 6.07 Å². The second kappa shape index (κ2) is 9.79. The van der Waals surface area contributed by atoms with E-state index < -0.39 is 0 Å². The quantitative estimate of drug-likeness (QED) is 0.313. The minimum atomic E-state index is -0.246. The van der Waals surface area contributed by atoms with Crippen LogP contribution in [0.3, 0.4) is 0 Å². The highest BCUT2D eigenvalue weighted by Crippen LogP contribution is 2.32. The van der Waals surface area contributed by atoms with Crippen molar-refractivity contribution in [3.63, 3.8) is 0 Å². The highest BCUT2D eigenvalue weighted by Gasteiger charge is 2.17. The van der Waals surface area contributed by atoms with Crippen LogP contribution in [0.25, 0.3) is 16.6 Å². The van der Waals surface area contributed by atoms with E-state index in [2.05, 4.69) is 10.3 Å². The predicted octanol–water partition coefficient (Wildman–Crippen LogP) is 4.93. The lowest BCUT2D eigenvalue weighted by atomic mass is 10.2. The number of carbonyl (C=O) groups is 1. The van der Waals surface area contributed by atoms with Gasteiger partial charge >= 0.3 is 0 Å². The first-order valence-corrected chi connectivity index (χ1v) is 12.1. The Morgan fingerprint density at radius 3 is 2.65 bits per heavy atom. The summed E-state index contributed by atoms with van der Waals surface area (Å²) in [5.74, 6) is 1.07. The first-order chi connectivity index (χ1) is 16.6. The van der Waals surface area contributed by atoms with Gasteiger partial charge in [-0.15, -0.1) is 0 Å². The Kier molecular flexibility index (Phi) is 6.42. The molecule has 1 aromatic heterocycles. The number of anilines is 1. The van der Waals surface area contributed by atoms with Crippen molar-refractivity contribution in [3.05, 3.63) is 82.1 Å². The van der Waals surface area contributed by atoms with E-state index in [1.165, 1.54) is 4.57 Å². The summed E-state index contributed by atoms with van der Waals surface area (Å²) < 4.78 is 12.8. The van der Waals surface area contributed by atoms with Crippen LogP contribution in [0.1, 0.15) is 6.42 Å². The molecule has 2 heterocycles. The van der Waals surface area contributed by atoms with Gasteiger partial charge in [0, 0.05) is 18.2 Å². The average molecular weight is 494 g/mol. The molecular formula is C25H20ClN3O4S. The van der Waals surface area contributed by atoms with E-state index in [9.17, 15) is 9.59 Å². The van der Waals surface area contributed by atoms with Crippen LogP contribution in [0.4, 0.5) is 5.69 Å². The number of fused-ring (bicyclic) bond motifs is 2. The number of hydrogen-bond acceptors (Lipinski definition) is 6. The zero-order valence-electron chi connectivity index (χ0n) is 18.0. The minimum Gasteiger partial charge on any atom is -0.490 e. The summed E-state index contributed by atoms with van der Waals surface area (Å²) in [5.41, 5.74) is 1.43. The molecular weight excluding hydrogens is 474 g/mol. The number of nitrogens with zero attached hydrogens (tertiary/aromatic N) is 2. The molecule has 3 aromatic carbocycles. The Labute approximate surface area is 204 Å². The van der Waals surface area contributed by atoms with Crippen LogP contribution in [0.2, 0.25) is 5.02 Å². The zero-order chi connectivity index (χ0) is 23.5. The smallest absolute Gasteiger partial charge is 0.266 e. The molecule has 5 rings (SSSR count). The Balaban J connectivity index is 1.41. The summed E-state index contributed by atoms with van der Waals surface area (Å²) in [6, 6.07) is 19.5. The van der Waals surface area contributed by atoms with E-state index in [1.54, 1.807) is 60.7 Å². The van der Waals surface area contributed by atoms with Gasteiger partial charge in [-0.3, -0.25) is 14.2 Å². The van der Waals surface area contributed by atoms with Gasteiger partial charge in [0.1, 0.15) is 0 Å². The van der Waals surface area contributed by atoms with E-state index in [4.69, 9.17) is 21.1 Å². The molecule has 0 spiro atoms. The zero-order valence-corrected chi connectivity index (χ0v) is 19.6. The van der Waals surface area contributed by atoms with Crippen LogP contribution < -0.4 is 20.3 Å². The maximum Gasteiger partial charge on any atom is 0.266 e. The molecule has 0 fully saturated rings. The van der Waals surface area contributed by atoms with Gasteiger partial charge in [-0.1, -0.05) is 47.6 Å². The van der Waals surface area contributed by atoms with Crippen molar-refractivity contribution in [2.45, 2.75) is 11.6 Å². The average Bonchev–Trinajstić information content (AvgIpc) is 3.09. The number of aromatic nitrogens is 2. The van der Waals surface area contributed by atoms with Crippen LogP contribution in [0.5, 0.6) is 11.5 Å². The third-order valence-corrected chi connectivity index (χ3v) is 6.46. The van der Waals surface area contributed by atoms with Crippen LogP contribution in [-0.2, 0) is 4.79 Å². The molecule has 1 N–H and O–H groups in total. The maximum absolute atomic E-state index is 13.3. The molecule has 1 aliphatic rings. The Morgan fingerprint density at radius 1 is 1.03 bits per heavy atom. The summed E-state index contributed by atoms with van der Waals surface area (Å²) >= 11 is 7.56. The van der Waals surface area contributed by atoms with Gasteiger partial charge < -0.3 is 14.8 Å². The molecule has 0 atom stereocenters. The van der Waals surface area contributed by atoms with Crippen molar-refractivity contribution in [2.75, 3.05) is 24.3 Å². The third kappa shape index (κ3) is 4.60. The first-order valence-electron chi connectivity index (χ1n) is 10.7. The molecule has 0 aliphatic carbocycles. The highest BCUT2D eigenvalue weighted by molar-refractivity contribution is 7.99. The number of nitrogens with one attached hydrogen (secondary N) is 1. The summed E-state index contributed by atoms with van der Waals surface area (Å²) in [5, 5.41) is 4.14. The highest BCUT2D eigenvalue weighted by atomic mass is 35.5. The Morgan fingerprint density at radius 2 is 1.79 bits per heavy atom. The fourth-order valence-corrected chi connectivity index (χ4v) is 4.65. The van der Waals surface area contributed by atoms with E-state index in [0.717, 1.165) is 18.2 Å². The molecule has 1 aliphatic heterocycles. The Bertz CT molecular complexity index is 1440. The van der Waals surface area contributed by atoms with Gasteiger partial charge in [-0.2, -0.15) is 0 Å². The summed E-state index contributed by atoms with van der Waals surface area (Å²) in [6.07, 6.45) is 0.804. The van der Waals surface area contributed by atoms with Gasteiger partial charge in [0.05, 0.1) is 40.6 Å². The van der Waals surface area contributed by atoms with Crippen molar-refractivity contribution in [2.24, 2.45) is 0 Å². The molecule has 0 bridgehead atoms. The van der Waals surface area contributed by atoms with Crippen molar-refractivity contribution < 1.29 is 14.3 Å². The maximum atomic E-state index is 13.3. The molecule has 7 nitrogen and oxygen atoms in total. The molecule has 34 heavy (non-hydrogen) atoms. The molecule has 0 saturated carbocycles. The number of benzene rings is 3. The first kappa shape index (κ1) is 22.3. The topological polar surface area (TPSA) is 82.5 Å². The lowest BCUT2D eigenvalue weighted by Gasteiger charge is -2.14. The largest absolute Gasteiger partial charge is 0.490 e. The normalized spacial score (nSPS) is 12.9. The predicted molar refractivity (Wildman–Crippen MR) is 134 cm³/mol. The standard InChI is InChI=1S/C25H20ClN3O4S/c26-18-7-2-4-9-20(18)29-24(31)17-6-1-3-8-19(17)28-25(29)34-15-23(30)27-16-10-11-21-22(14-16)33-13-5-12-32-21/h1-4,6-11,14H,5,12-13,15H2,(H,27,30). The number of rotatable bonds is 5. The molecule has 9 heteroatoms. The second-order valence-electron chi connectivity index (χ2n) is 7.55. The van der Waals surface area contributed by atoms with E-state index in [-0.39, 0.29) is 17.2 Å². The number of thioether (sulfide) groups is 1. The van der Waals surface area contributed by atoms with Crippen LogP contribution >= 0.6 is 23.4 Å². The monoisotopic (exact) mass is 493 g/mol. The summed E-state index contributed by atoms with van der Waals surface area (Å²) in [6.45, 7) is 1.16. The van der Waals surface area contributed by atoms with E-state index in [0.29, 0.717) is 57.2 Å². The van der Waals surface area contributed by atoms with Crippen LogP contribution in [0.15, 0.2) is 76.7 Å². The lowest BCUT2D eigenvalue weighted by Crippen LogP contribution is -2.23. The summed E-state index contributed by atoms with van der Waals surface area (Å²) in [4.78, 5) is 30.7. The van der Waals surface area contributed by atoms with Gasteiger partial charge in [-0.25, -0.2) is 4.98 Å². The molecule has 1 amide bonds. The van der Waals surface area contributed by atoms with Crippen molar-refractivity contribution in [1.29, 1.82) is 0 Å². The minimum absolute atomic E-state index is 0.0453. The van der Waals surface area contributed by atoms with Crippen molar-refractivity contribution in [3.8, 4) is 17.2 Å². The SMILES string of the molecule is O=C(CSc1nc2ccccc2c(=O)n1-c1ccccc1Cl)Nc1ccc2c(c1)OCCCO2.